The van der Waals surface area contributed by atoms with Crippen LogP contribution >= 0.6 is 0 Å². The summed E-state index contributed by atoms with van der Waals surface area (Å²) in [6.45, 7) is 10.5. The summed E-state index contributed by atoms with van der Waals surface area (Å²) in [5.41, 5.74) is 3.60. The van der Waals surface area contributed by atoms with Crippen LogP contribution in [0.5, 0.6) is 0 Å². The molecule has 1 atom stereocenters. The first-order chi connectivity index (χ1) is 9.47. The summed E-state index contributed by atoms with van der Waals surface area (Å²) in [7, 11) is 0. The number of hydrogen-bond acceptors (Lipinski definition) is 3. The molecule has 1 unspecified atom stereocenters. The molecule has 0 amide bonds. The van der Waals surface area contributed by atoms with Crippen molar-refractivity contribution in [2.75, 3.05) is 5.32 Å². The molecule has 0 aliphatic rings. The van der Waals surface area contributed by atoms with Crippen molar-refractivity contribution in [1.82, 2.24) is 9.97 Å². The van der Waals surface area contributed by atoms with E-state index in [-0.39, 0.29) is 6.04 Å². The molecule has 0 bridgehead atoms. The molecule has 3 nitrogen and oxygen atoms in total. The molecule has 20 heavy (non-hydrogen) atoms. The van der Waals surface area contributed by atoms with Crippen molar-refractivity contribution in [3.63, 3.8) is 0 Å². The third kappa shape index (κ3) is 3.35. The van der Waals surface area contributed by atoms with Crippen molar-refractivity contribution in [2.24, 2.45) is 0 Å². The average Bonchev–Trinajstić information content (AvgIpc) is 2.38. The Morgan fingerprint density at radius 3 is 2.35 bits per heavy atom. The van der Waals surface area contributed by atoms with Gasteiger partial charge in [0.1, 0.15) is 11.6 Å². The molecule has 0 aliphatic carbocycles. The maximum absolute atomic E-state index is 4.61. The molecular formula is C17H23N3. The van der Waals surface area contributed by atoms with Gasteiger partial charge in [-0.25, -0.2) is 9.97 Å². The molecule has 0 saturated heterocycles. The van der Waals surface area contributed by atoms with Gasteiger partial charge in [0.15, 0.2) is 0 Å². The van der Waals surface area contributed by atoms with Crippen LogP contribution in [0.4, 0.5) is 5.82 Å². The predicted octanol–water partition coefficient (Wildman–Crippen LogP) is 4.39. The lowest BCUT2D eigenvalue weighted by Gasteiger charge is -2.18. The van der Waals surface area contributed by atoms with E-state index in [9.17, 15) is 0 Å². The van der Waals surface area contributed by atoms with Crippen LogP contribution in [0.2, 0.25) is 0 Å². The van der Waals surface area contributed by atoms with Gasteiger partial charge in [0.25, 0.3) is 0 Å². The first kappa shape index (κ1) is 14.5. The molecule has 1 N–H and O–H groups in total. The van der Waals surface area contributed by atoms with Crippen LogP contribution in [0.25, 0.3) is 0 Å². The fourth-order valence-electron chi connectivity index (χ4n) is 2.30. The molecule has 0 aliphatic heterocycles. The molecular weight excluding hydrogens is 246 g/mol. The largest absolute Gasteiger partial charge is 0.363 e. The topological polar surface area (TPSA) is 37.8 Å². The SMILES string of the molecule is Cc1cc(NC(C)c2ccccc2C)nc(C(C)C)n1. The van der Waals surface area contributed by atoms with E-state index in [0.29, 0.717) is 5.92 Å². The van der Waals surface area contributed by atoms with Crippen LogP contribution in [0.15, 0.2) is 30.3 Å². The highest BCUT2D eigenvalue weighted by atomic mass is 15.0. The molecule has 2 aromatic rings. The maximum atomic E-state index is 4.61. The zero-order valence-electron chi connectivity index (χ0n) is 12.9. The minimum Gasteiger partial charge on any atom is -0.363 e. The number of rotatable bonds is 4. The molecule has 1 aromatic heterocycles. The smallest absolute Gasteiger partial charge is 0.133 e. The Balaban J connectivity index is 2.24. The van der Waals surface area contributed by atoms with Gasteiger partial charge < -0.3 is 5.32 Å². The Hall–Kier alpha value is -1.90. The highest BCUT2D eigenvalue weighted by Crippen LogP contribution is 2.22. The quantitative estimate of drug-likeness (QED) is 0.894. The lowest BCUT2D eigenvalue weighted by Crippen LogP contribution is -2.11. The Bertz CT molecular complexity index is 591. The monoisotopic (exact) mass is 269 g/mol. The minimum absolute atomic E-state index is 0.227. The number of anilines is 1. The maximum Gasteiger partial charge on any atom is 0.133 e. The highest BCUT2D eigenvalue weighted by Gasteiger charge is 2.11. The number of benzene rings is 1. The second kappa shape index (κ2) is 6.04. The van der Waals surface area contributed by atoms with Gasteiger partial charge in [0.05, 0.1) is 6.04 Å². The molecule has 0 fully saturated rings. The first-order valence-corrected chi connectivity index (χ1v) is 7.15. The van der Waals surface area contributed by atoms with E-state index in [2.05, 4.69) is 67.2 Å². The van der Waals surface area contributed by atoms with Gasteiger partial charge in [-0.05, 0) is 31.9 Å². The van der Waals surface area contributed by atoms with Crippen molar-refractivity contribution >= 4 is 5.82 Å². The van der Waals surface area contributed by atoms with Crippen molar-refractivity contribution in [1.29, 1.82) is 0 Å². The summed E-state index contributed by atoms with van der Waals surface area (Å²) in [4.78, 5) is 9.09. The number of aryl methyl sites for hydroxylation is 2. The number of nitrogens with one attached hydrogen (secondary N) is 1. The van der Waals surface area contributed by atoms with Crippen LogP contribution < -0.4 is 5.32 Å². The average molecular weight is 269 g/mol. The van der Waals surface area contributed by atoms with Gasteiger partial charge in [-0.3, -0.25) is 0 Å². The van der Waals surface area contributed by atoms with Crippen LogP contribution in [-0.2, 0) is 0 Å². The number of nitrogens with zero attached hydrogens (tertiary/aromatic N) is 2. The van der Waals surface area contributed by atoms with Gasteiger partial charge in [-0.15, -0.1) is 0 Å². The Kier molecular flexibility index (Phi) is 4.38. The molecule has 1 aromatic carbocycles. The van der Waals surface area contributed by atoms with E-state index in [1.54, 1.807) is 0 Å². The van der Waals surface area contributed by atoms with Crippen molar-refractivity contribution in [3.05, 3.63) is 53.0 Å². The van der Waals surface area contributed by atoms with E-state index in [0.717, 1.165) is 17.3 Å². The van der Waals surface area contributed by atoms with E-state index in [1.807, 2.05) is 13.0 Å². The van der Waals surface area contributed by atoms with Crippen molar-refractivity contribution in [2.45, 2.75) is 46.6 Å². The standard InChI is InChI=1S/C17H23N3/c1-11(2)17-18-13(4)10-16(20-17)19-14(5)15-9-7-6-8-12(15)3/h6-11,14H,1-5H3,(H,18,19,20). The van der Waals surface area contributed by atoms with Crippen LogP contribution in [0.3, 0.4) is 0 Å². The molecule has 1 heterocycles. The summed E-state index contributed by atoms with van der Waals surface area (Å²) in [5, 5.41) is 3.48. The molecule has 0 radical (unpaired) electrons. The van der Waals surface area contributed by atoms with Gasteiger partial charge in [-0.1, -0.05) is 38.1 Å². The highest BCUT2D eigenvalue weighted by molar-refractivity contribution is 5.41. The Morgan fingerprint density at radius 1 is 1.00 bits per heavy atom. The van der Waals surface area contributed by atoms with E-state index in [1.165, 1.54) is 11.1 Å². The molecule has 0 saturated carbocycles. The summed E-state index contributed by atoms with van der Waals surface area (Å²) >= 11 is 0. The zero-order chi connectivity index (χ0) is 14.7. The molecule has 2 rings (SSSR count). The number of hydrogen-bond donors (Lipinski definition) is 1. The van der Waals surface area contributed by atoms with E-state index in [4.69, 9.17) is 0 Å². The van der Waals surface area contributed by atoms with Gasteiger partial charge in [0, 0.05) is 17.7 Å². The van der Waals surface area contributed by atoms with Gasteiger partial charge in [0.2, 0.25) is 0 Å². The second-order valence-corrected chi connectivity index (χ2v) is 5.63. The lowest BCUT2D eigenvalue weighted by atomic mass is 10.0. The molecule has 0 spiro atoms. The van der Waals surface area contributed by atoms with E-state index >= 15 is 0 Å². The molecule has 106 valence electrons. The summed E-state index contributed by atoms with van der Waals surface area (Å²) in [5.74, 6) is 2.13. The van der Waals surface area contributed by atoms with Crippen molar-refractivity contribution < 1.29 is 0 Å². The summed E-state index contributed by atoms with van der Waals surface area (Å²) in [6.07, 6.45) is 0. The van der Waals surface area contributed by atoms with Gasteiger partial charge in [-0.2, -0.15) is 0 Å². The van der Waals surface area contributed by atoms with Crippen LogP contribution in [0, 0.1) is 13.8 Å². The van der Waals surface area contributed by atoms with Crippen LogP contribution in [-0.4, -0.2) is 9.97 Å². The Morgan fingerprint density at radius 2 is 1.70 bits per heavy atom. The first-order valence-electron chi connectivity index (χ1n) is 7.15. The molecule has 3 heteroatoms. The van der Waals surface area contributed by atoms with Crippen molar-refractivity contribution in [3.8, 4) is 0 Å². The second-order valence-electron chi connectivity index (χ2n) is 5.63. The fraction of sp³-hybridized carbons (Fsp3) is 0.412. The summed E-state index contributed by atoms with van der Waals surface area (Å²) in [6, 6.07) is 10.7. The third-order valence-electron chi connectivity index (χ3n) is 3.41. The minimum atomic E-state index is 0.227. The number of aromatic nitrogens is 2. The zero-order valence-corrected chi connectivity index (χ0v) is 12.9. The van der Waals surface area contributed by atoms with E-state index < -0.39 is 0 Å². The normalized spacial score (nSPS) is 12.5. The third-order valence-corrected chi connectivity index (χ3v) is 3.41. The van der Waals surface area contributed by atoms with Crippen LogP contribution in [0.1, 0.15) is 55.4 Å². The Labute approximate surface area is 121 Å². The fourth-order valence-corrected chi connectivity index (χ4v) is 2.30. The predicted molar refractivity (Wildman–Crippen MR) is 84.1 cm³/mol. The lowest BCUT2D eigenvalue weighted by molar-refractivity contribution is 0.760. The van der Waals surface area contributed by atoms with Gasteiger partial charge >= 0.3 is 0 Å². The summed E-state index contributed by atoms with van der Waals surface area (Å²) < 4.78 is 0.